The fourth-order valence-electron chi connectivity index (χ4n) is 4.19. The van der Waals surface area contributed by atoms with Crippen LogP contribution in [0.2, 0.25) is 0 Å². The average Bonchev–Trinajstić information content (AvgIpc) is 3.34. The van der Waals surface area contributed by atoms with Crippen LogP contribution < -0.4 is 5.63 Å². The summed E-state index contributed by atoms with van der Waals surface area (Å²) in [5, 5.41) is 0. The van der Waals surface area contributed by atoms with Crippen LogP contribution in [0.25, 0.3) is 0 Å². The Hall–Kier alpha value is -2.12. The Labute approximate surface area is 179 Å². The molecular weight excluding hydrogens is 436 g/mol. The van der Waals surface area contributed by atoms with Crippen LogP contribution in [-0.2, 0) is 21.1 Å². The van der Waals surface area contributed by atoms with Gasteiger partial charge < -0.3 is 0 Å². The molecule has 148 valence electrons. The van der Waals surface area contributed by atoms with Crippen LogP contribution in [0.4, 0.5) is 0 Å². The van der Waals surface area contributed by atoms with Gasteiger partial charge in [-0.15, -0.1) is 0 Å². The molecule has 2 aromatic rings. The Balaban J connectivity index is 1.83. The quantitative estimate of drug-likeness (QED) is 0.457. The summed E-state index contributed by atoms with van der Waals surface area (Å²) in [6.45, 7) is 8.48. The average molecular weight is 464 g/mol. The molecule has 0 bridgehead atoms. The standard InChI is InChI=1S/2C8H10O.2C5H5.Zr/c2*1-6-3-7(2)5-8(9)4-6;2*1-2-4-5-3-1;/h2*3-5,9H,1-2H3;2*1-3H,4H2;/q;;;;+2/p-2. The Morgan fingerprint density at radius 3 is 1.28 bits per heavy atom. The van der Waals surface area contributed by atoms with E-state index in [2.05, 4.69) is 101 Å². The second-order valence-corrected chi connectivity index (χ2v) is 15.3. The Morgan fingerprint density at radius 2 is 0.966 bits per heavy atom. The fraction of sp³-hybridized carbons (Fsp3) is 0.231. The van der Waals surface area contributed by atoms with Crippen molar-refractivity contribution < 1.29 is 26.8 Å². The van der Waals surface area contributed by atoms with E-state index in [1.807, 2.05) is 0 Å². The molecule has 0 atom stereocenters. The van der Waals surface area contributed by atoms with Crippen LogP contribution in [0.3, 0.4) is 0 Å². The van der Waals surface area contributed by atoms with Gasteiger partial charge in [0.15, 0.2) is 0 Å². The van der Waals surface area contributed by atoms with Crippen molar-refractivity contribution in [3.05, 3.63) is 102 Å². The van der Waals surface area contributed by atoms with E-state index in [0.29, 0.717) is 0 Å². The first-order valence-corrected chi connectivity index (χ1v) is 14.7. The molecule has 2 aromatic carbocycles. The fourth-order valence-corrected chi connectivity index (χ4v) is 12.3. The molecule has 0 radical (unpaired) electrons. The molecule has 0 saturated carbocycles. The molecule has 0 aliphatic heterocycles. The molecule has 4 rings (SSSR count). The van der Waals surface area contributed by atoms with Crippen molar-refractivity contribution in [2.45, 2.75) is 40.5 Å². The van der Waals surface area contributed by atoms with Gasteiger partial charge in [0, 0.05) is 0 Å². The third kappa shape index (κ3) is 4.41. The van der Waals surface area contributed by atoms with Crippen molar-refractivity contribution in [2.24, 2.45) is 0 Å². The Bertz CT molecular complexity index is 930. The first-order valence-electron chi connectivity index (χ1n) is 10.2. The summed E-state index contributed by atoms with van der Waals surface area (Å²) in [4.78, 5) is 0. The van der Waals surface area contributed by atoms with E-state index in [0.717, 1.165) is 24.3 Å². The zero-order valence-electron chi connectivity index (χ0n) is 17.7. The zero-order valence-corrected chi connectivity index (χ0v) is 20.1. The third-order valence-corrected chi connectivity index (χ3v) is 13.9. The van der Waals surface area contributed by atoms with Gasteiger partial charge in [-0.3, -0.25) is 0 Å². The van der Waals surface area contributed by atoms with Crippen LogP contribution in [0, 0.1) is 27.7 Å². The minimum atomic E-state index is -3.90. The van der Waals surface area contributed by atoms with Gasteiger partial charge in [-0.05, 0) is 0 Å². The number of allylic oxidation sites excluding steroid dienone is 8. The second kappa shape index (κ2) is 8.32. The molecule has 29 heavy (non-hydrogen) atoms. The van der Waals surface area contributed by atoms with Gasteiger partial charge in [0.1, 0.15) is 0 Å². The predicted octanol–water partition coefficient (Wildman–Crippen LogP) is 7.05. The molecule has 2 aliphatic rings. The summed E-state index contributed by atoms with van der Waals surface area (Å²) in [7, 11) is 0. The molecule has 0 amide bonds. The summed E-state index contributed by atoms with van der Waals surface area (Å²) >= 11 is -3.90. The summed E-state index contributed by atoms with van der Waals surface area (Å²) in [6.07, 6.45) is 15.0. The summed E-state index contributed by atoms with van der Waals surface area (Å²) in [5.41, 5.74) is 4.85. The molecule has 0 N–H and O–H groups in total. The van der Waals surface area contributed by atoms with Crippen molar-refractivity contribution in [1.82, 2.24) is 0 Å². The predicted molar refractivity (Wildman–Crippen MR) is 117 cm³/mol. The molecule has 2 aliphatic carbocycles. The molecule has 0 unspecified atom stereocenters. The van der Waals surface area contributed by atoms with Crippen molar-refractivity contribution in [1.29, 1.82) is 0 Å². The number of hydrogen-bond donors (Lipinski definition) is 0. The van der Waals surface area contributed by atoms with Crippen LogP contribution in [0.1, 0.15) is 35.1 Å². The topological polar surface area (TPSA) is 18.5 Å². The molecule has 0 aromatic heterocycles. The van der Waals surface area contributed by atoms with Gasteiger partial charge in [0.2, 0.25) is 0 Å². The number of aryl methyl sites for hydroxylation is 4. The summed E-state index contributed by atoms with van der Waals surface area (Å²) in [6, 6.07) is 12.9. The van der Waals surface area contributed by atoms with Crippen LogP contribution >= 0.6 is 0 Å². The number of benzene rings is 2. The van der Waals surface area contributed by atoms with Gasteiger partial charge >= 0.3 is 180 Å². The van der Waals surface area contributed by atoms with Gasteiger partial charge in [0.05, 0.1) is 0 Å². The van der Waals surface area contributed by atoms with E-state index in [1.54, 1.807) is 0 Å². The molecule has 0 spiro atoms. The zero-order chi connectivity index (χ0) is 20.4. The first-order chi connectivity index (χ1) is 13.9. The number of hydrogen-bond acceptors (Lipinski definition) is 2. The van der Waals surface area contributed by atoms with Gasteiger partial charge in [0.25, 0.3) is 0 Å². The summed E-state index contributed by atoms with van der Waals surface area (Å²) in [5.74, 6) is 1.84. The SMILES string of the molecule is Cc1cc(C)cc([O][Zr]([O]c2cc(C)cc(C)c2)([C]2=CC=CC2)[C]2=CC=CC2)c1. The third-order valence-electron chi connectivity index (χ3n) is 5.30. The molecular formula is C26H28O2Zr. The normalized spacial score (nSPS) is 15.4. The molecule has 0 heterocycles. The number of rotatable bonds is 6. The van der Waals surface area contributed by atoms with Gasteiger partial charge in [-0.1, -0.05) is 0 Å². The van der Waals surface area contributed by atoms with E-state index >= 15 is 0 Å². The van der Waals surface area contributed by atoms with Crippen LogP contribution in [-0.4, -0.2) is 0 Å². The molecule has 0 fully saturated rings. The van der Waals surface area contributed by atoms with Crippen molar-refractivity contribution in [3.63, 3.8) is 0 Å². The van der Waals surface area contributed by atoms with E-state index in [4.69, 9.17) is 5.63 Å². The van der Waals surface area contributed by atoms with Gasteiger partial charge in [-0.25, -0.2) is 0 Å². The first kappa shape index (κ1) is 20.2. The maximum atomic E-state index is 6.99. The van der Waals surface area contributed by atoms with E-state index < -0.39 is 21.1 Å². The summed E-state index contributed by atoms with van der Waals surface area (Å²) < 4.78 is 16.6. The van der Waals surface area contributed by atoms with Crippen molar-refractivity contribution in [3.8, 4) is 11.5 Å². The molecule has 2 nitrogen and oxygen atoms in total. The Morgan fingerprint density at radius 1 is 0.586 bits per heavy atom. The molecule has 0 saturated heterocycles. The van der Waals surface area contributed by atoms with E-state index in [9.17, 15) is 0 Å². The van der Waals surface area contributed by atoms with Crippen LogP contribution in [0.5, 0.6) is 11.5 Å². The van der Waals surface area contributed by atoms with E-state index in [-0.39, 0.29) is 0 Å². The molecule has 3 heteroatoms. The van der Waals surface area contributed by atoms with Crippen LogP contribution in [0.15, 0.2) is 79.4 Å². The van der Waals surface area contributed by atoms with Gasteiger partial charge in [-0.2, -0.15) is 0 Å². The second-order valence-electron chi connectivity index (χ2n) is 8.12. The maximum absolute atomic E-state index is 6.99. The van der Waals surface area contributed by atoms with Crippen molar-refractivity contribution >= 4 is 0 Å². The van der Waals surface area contributed by atoms with E-state index in [1.165, 1.54) is 28.8 Å². The minimum absolute atomic E-state index is 0.906. The monoisotopic (exact) mass is 462 g/mol. The van der Waals surface area contributed by atoms with Crippen molar-refractivity contribution in [2.75, 3.05) is 0 Å². The Kier molecular flexibility index (Phi) is 5.79.